The van der Waals surface area contributed by atoms with Gasteiger partial charge >= 0.3 is 0 Å². The number of aryl methyl sites for hydroxylation is 1. The molecule has 104 valence electrons. The number of carbonyl (C=O) groups is 1. The summed E-state index contributed by atoms with van der Waals surface area (Å²) in [7, 11) is 0. The molecule has 0 aliphatic carbocycles. The van der Waals surface area contributed by atoms with Crippen molar-refractivity contribution in [3.8, 4) is 0 Å². The highest BCUT2D eigenvalue weighted by atomic mass is 19.1. The minimum absolute atomic E-state index is 0.0360. The molecule has 1 unspecified atom stereocenters. The van der Waals surface area contributed by atoms with Crippen LogP contribution in [-0.2, 0) is 4.79 Å². The van der Waals surface area contributed by atoms with Gasteiger partial charge in [-0.25, -0.2) is 8.78 Å². The number of hydrogen-bond acceptors (Lipinski definition) is 2. The molecule has 1 saturated heterocycles. The van der Waals surface area contributed by atoms with Crippen LogP contribution in [0.25, 0.3) is 0 Å². The number of halogens is 2. The maximum absolute atomic E-state index is 13.9. The normalized spacial score (nSPS) is 19.3. The van der Waals surface area contributed by atoms with Gasteiger partial charge in [0, 0.05) is 12.6 Å². The molecule has 1 heterocycles. The Labute approximate surface area is 111 Å². The van der Waals surface area contributed by atoms with Crippen molar-refractivity contribution in [1.29, 1.82) is 0 Å². The topological polar surface area (TPSA) is 32.3 Å². The van der Waals surface area contributed by atoms with Crippen molar-refractivity contribution in [2.75, 3.05) is 18.0 Å². The Morgan fingerprint density at radius 1 is 1.37 bits per heavy atom. The van der Waals surface area contributed by atoms with Crippen LogP contribution < -0.4 is 10.2 Å². The predicted octanol–water partition coefficient (Wildman–Crippen LogP) is 2.38. The monoisotopic (exact) mass is 268 g/mol. The Hall–Kier alpha value is -1.49. The molecule has 1 N–H and O–H groups in total. The maximum Gasteiger partial charge on any atom is 0.244 e. The molecule has 0 spiro atoms. The van der Waals surface area contributed by atoms with E-state index in [1.807, 2.05) is 6.92 Å². The lowest BCUT2D eigenvalue weighted by Crippen LogP contribution is -2.38. The van der Waals surface area contributed by atoms with Gasteiger partial charge in [-0.1, -0.05) is 6.92 Å². The fourth-order valence-electron chi connectivity index (χ4n) is 2.27. The van der Waals surface area contributed by atoms with Crippen LogP contribution in [0.3, 0.4) is 0 Å². The van der Waals surface area contributed by atoms with E-state index in [1.165, 1.54) is 11.8 Å². The van der Waals surface area contributed by atoms with Crippen LogP contribution in [0.4, 0.5) is 14.5 Å². The quantitative estimate of drug-likeness (QED) is 0.909. The number of carbonyl (C=O) groups excluding carboxylic acids is 1. The predicted molar refractivity (Wildman–Crippen MR) is 70.1 cm³/mol. The van der Waals surface area contributed by atoms with Crippen LogP contribution in [0.5, 0.6) is 0 Å². The van der Waals surface area contributed by atoms with Gasteiger partial charge in [0.1, 0.15) is 11.6 Å². The fourth-order valence-corrected chi connectivity index (χ4v) is 2.27. The van der Waals surface area contributed by atoms with E-state index in [0.29, 0.717) is 13.0 Å². The van der Waals surface area contributed by atoms with Gasteiger partial charge in [0.2, 0.25) is 5.91 Å². The van der Waals surface area contributed by atoms with E-state index in [-0.39, 0.29) is 23.2 Å². The highest BCUT2D eigenvalue weighted by Gasteiger charge is 2.33. The number of hydrogen-bond donors (Lipinski definition) is 1. The lowest BCUT2D eigenvalue weighted by atomic mass is 10.2. The Morgan fingerprint density at radius 2 is 2.11 bits per heavy atom. The minimum atomic E-state index is -0.552. The molecule has 1 aliphatic rings. The molecule has 1 aliphatic heterocycles. The first kappa shape index (κ1) is 13.9. The summed E-state index contributed by atoms with van der Waals surface area (Å²) >= 11 is 0. The molecule has 1 aromatic rings. The highest BCUT2D eigenvalue weighted by Crippen LogP contribution is 2.27. The second kappa shape index (κ2) is 5.65. The van der Waals surface area contributed by atoms with Gasteiger partial charge < -0.3 is 10.2 Å². The third kappa shape index (κ3) is 2.76. The van der Waals surface area contributed by atoms with Crippen molar-refractivity contribution in [3.63, 3.8) is 0 Å². The van der Waals surface area contributed by atoms with Crippen LogP contribution in [-0.4, -0.2) is 25.0 Å². The van der Waals surface area contributed by atoms with E-state index in [4.69, 9.17) is 0 Å². The zero-order chi connectivity index (χ0) is 14.0. The van der Waals surface area contributed by atoms with Gasteiger partial charge in [-0.2, -0.15) is 0 Å². The summed E-state index contributed by atoms with van der Waals surface area (Å²) in [5.41, 5.74) is 0.280. The molecule has 0 saturated carbocycles. The van der Waals surface area contributed by atoms with Crippen molar-refractivity contribution >= 4 is 11.6 Å². The summed E-state index contributed by atoms with van der Waals surface area (Å²) in [5.74, 6) is -1.23. The molecule has 19 heavy (non-hydrogen) atoms. The maximum atomic E-state index is 13.9. The molecule has 1 atom stereocenters. The van der Waals surface area contributed by atoms with Gasteiger partial charge in [-0.05, 0) is 37.9 Å². The van der Waals surface area contributed by atoms with E-state index in [0.717, 1.165) is 25.1 Å². The summed E-state index contributed by atoms with van der Waals surface area (Å²) in [6.45, 7) is 4.67. The summed E-state index contributed by atoms with van der Waals surface area (Å²) in [4.78, 5) is 13.5. The number of nitrogens with one attached hydrogen (secondary N) is 1. The molecule has 0 radical (unpaired) electrons. The van der Waals surface area contributed by atoms with E-state index < -0.39 is 11.6 Å². The molecule has 0 bridgehead atoms. The molecular formula is C14H18F2N2O. The summed E-state index contributed by atoms with van der Waals surface area (Å²) in [6.07, 6.45) is 1.55. The second-order valence-electron chi connectivity index (χ2n) is 4.84. The van der Waals surface area contributed by atoms with Crippen LogP contribution in [0.2, 0.25) is 0 Å². The Morgan fingerprint density at radius 3 is 2.79 bits per heavy atom. The SMILES string of the molecule is CCCNC1CCN(c2cc(F)c(C)cc2F)C1=O. The van der Waals surface area contributed by atoms with Gasteiger partial charge in [-0.15, -0.1) is 0 Å². The number of anilines is 1. The van der Waals surface area contributed by atoms with E-state index in [2.05, 4.69) is 5.32 Å². The van der Waals surface area contributed by atoms with Gasteiger partial charge in [0.25, 0.3) is 0 Å². The smallest absolute Gasteiger partial charge is 0.244 e. The Bertz CT molecular complexity index is 491. The zero-order valence-electron chi connectivity index (χ0n) is 11.2. The molecule has 1 aromatic carbocycles. The number of amides is 1. The van der Waals surface area contributed by atoms with E-state index in [9.17, 15) is 13.6 Å². The molecule has 1 amide bonds. The van der Waals surface area contributed by atoms with Crippen molar-refractivity contribution in [3.05, 3.63) is 29.3 Å². The van der Waals surface area contributed by atoms with Crippen molar-refractivity contribution in [1.82, 2.24) is 5.32 Å². The Balaban J connectivity index is 2.20. The van der Waals surface area contributed by atoms with Gasteiger partial charge in [-0.3, -0.25) is 4.79 Å². The molecule has 5 heteroatoms. The largest absolute Gasteiger partial charge is 0.308 e. The fraction of sp³-hybridized carbons (Fsp3) is 0.500. The summed E-state index contributed by atoms with van der Waals surface area (Å²) in [5, 5.41) is 3.12. The average molecular weight is 268 g/mol. The minimum Gasteiger partial charge on any atom is -0.308 e. The van der Waals surface area contributed by atoms with Crippen LogP contribution in [0, 0.1) is 18.6 Å². The van der Waals surface area contributed by atoms with Crippen LogP contribution >= 0.6 is 0 Å². The lowest BCUT2D eigenvalue weighted by molar-refractivity contribution is -0.118. The first-order chi connectivity index (χ1) is 9.04. The van der Waals surface area contributed by atoms with E-state index in [1.54, 1.807) is 0 Å². The molecule has 2 rings (SSSR count). The highest BCUT2D eigenvalue weighted by molar-refractivity contribution is 5.99. The van der Waals surface area contributed by atoms with Crippen LogP contribution in [0.1, 0.15) is 25.3 Å². The standard InChI is InChI=1S/C14H18F2N2O/c1-3-5-17-12-4-6-18(14(12)19)13-8-10(15)9(2)7-11(13)16/h7-8,12,17H,3-6H2,1-2H3. The van der Waals surface area contributed by atoms with Crippen molar-refractivity contribution < 1.29 is 13.6 Å². The first-order valence-electron chi connectivity index (χ1n) is 6.55. The summed E-state index contributed by atoms with van der Waals surface area (Å²) in [6, 6.07) is 1.94. The zero-order valence-corrected chi connectivity index (χ0v) is 11.2. The molecule has 1 fully saturated rings. The van der Waals surface area contributed by atoms with Gasteiger partial charge in [0.15, 0.2) is 0 Å². The summed E-state index contributed by atoms with van der Waals surface area (Å²) < 4.78 is 27.4. The number of nitrogens with zero attached hydrogens (tertiary/aromatic N) is 1. The van der Waals surface area contributed by atoms with Gasteiger partial charge in [0.05, 0.1) is 11.7 Å². The number of rotatable bonds is 4. The molecule has 3 nitrogen and oxygen atoms in total. The molecular weight excluding hydrogens is 250 g/mol. The van der Waals surface area contributed by atoms with Crippen molar-refractivity contribution in [2.24, 2.45) is 0 Å². The molecule has 0 aromatic heterocycles. The third-order valence-electron chi connectivity index (χ3n) is 3.37. The van der Waals surface area contributed by atoms with Crippen LogP contribution in [0.15, 0.2) is 12.1 Å². The number of benzene rings is 1. The van der Waals surface area contributed by atoms with E-state index >= 15 is 0 Å². The second-order valence-corrected chi connectivity index (χ2v) is 4.84. The van der Waals surface area contributed by atoms with Crippen molar-refractivity contribution in [2.45, 2.75) is 32.7 Å². The average Bonchev–Trinajstić information content (AvgIpc) is 2.73. The third-order valence-corrected chi connectivity index (χ3v) is 3.37. The lowest BCUT2D eigenvalue weighted by Gasteiger charge is -2.18. The Kier molecular flexibility index (Phi) is 4.14. The first-order valence-corrected chi connectivity index (χ1v) is 6.55.